The Hall–Kier alpha value is -1.88. The van der Waals surface area contributed by atoms with Crippen molar-refractivity contribution in [2.24, 2.45) is 0 Å². The van der Waals surface area contributed by atoms with Gasteiger partial charge in [-0.25, -0.2) is 0 Å². The van der Waals surface area contributed by atoms with Gasteiger partial charge in [0, 0.05) is 18.8 Å². The molecule has 5 nitrogen and oxygen atoms in total. The van der Waals surface area contributed by atoms with Gasteiger partial charge in [0.15, 0.2) is 0 Å². The number of nitrogens with one attached hydrogen (secondary N) is 1. The van der Waals surface area contributed by atoms with E-state index in [1.165, 1.54) is 5.56 Å². The number of ether oxygens (including phenoxy) is 1. The third kappa shape index (κ3) is 1.81. The van der Waals surface area contributed by atoms with Crippen molar-refractivity contribution in [1.29, 1.82) is 0 Å². The maximum absolute atomic E-state index is 5.58. The van der Waals surface area contributed by atoms with Gasteiger partial charge in [0.25, 0.3) is 0 Å². The van der Waals surface area contributed by atoms with Crippen LogP contribution in [0.5, 0.6) is 0 Å². The first-order valence-corrected chi connectivity index (χ1v) is 6.70. The minimum absolute atomic E-state index is 0.0158. The zero-order valence-electron chi connectivity index (χ0n) is 10.5. The smallest absolute Gasteiger partial charge is 0.236 e. The Kier molecular flexibility index (Phi) is 2.51. The van der Waals surface area contributed by atoms with E-state index >= 15 is 0 Å². The van der Waals surface area contributed by atoms with E-state index in [1.807, 2.05) is 12.1 Å². The lowest BCUT2D eigenvalue weighted by molar-refractivity contribution is 0.103. The maximum atomic E-state index is 5.58. The standard InChI is InChI=1S/C14H15N3O2/c1-2-5-11-9(4-1)10(8-15-11)14-16-13(17-19-14)12-6-3-7-18-12/h1-2,4-5,10,12,15H,3,6-8H2. The van der Waals surface area contributed by atoms with E-state index in [1.54, 1.807) is 0 Å². The molecular weight excluding hydrogens is 242 g/mol. The van der Waals surface area contributed by atoms with E-state index in [0.717, 1.165) is 31.7 Å². The van der Waals surface area contributed by atoms with Crippen LogP contribution in [0.25, 0.3) is 0 Å². The summed E-state index contributed by atoms with van der Waals surface area (Å²) in [6.45, 7) is 1.61. The molecule has 1 aromatic carbocycles. The Bertz CT molecular complexity index is 590. The Morgan fingerprint density at radius 3 is 3.11 bits per heavy atom. The molecule has 1 saturated heterocycles. The lowest BCUT2D eigenvalue weighted by atomic mass is 10.0. The van der Waals surface area contributed by atoms with Crippen molar-refractivity contribution in [3.05, 3.63) is 41.5 Å². The second kappa shape index (κ2) is 4.35. The normalized spacial score (nSPS) is 25.3. The molecule has 5 heteroatoms. The lowest BCUT2D eigenvalue weighted by Crippen LogP contribution is -2.05. The summed E-state index contributed by atoms with van der Waals surface area (Å²) in [5.41, 5.74) is 2.38. The minimum Gasteiger partial charge on any atom is -0.384 e. The molecule has 2 unspecified atom stereocenters. The van der Waals surface area contributed by atoms with Gasteiger partial charge in [0.2, 0.25) is 11.7 Å². The molecular formula is C14H15N3O2. The molecule has 2 aliphatic rings. The zero-order chi connectivity index (χ0) is 12.7. The van der Waals surface area contributed by atoms with E-state index in [-0.39, 0.29) is 12.0 Å². The van der Waals surface area contributed by atoms with Crippen LogP contribution in [0, 0.1) is 0 Å². The highest BCUT2D eigenvalue weighted by molar-refractivity contribution is 5.59. The molecule has 2 aromatic rings. The molecule has 0 amide bonds. The highest BCUT2D eigenvalue weighted by Crippen LogP contribution is 2.36. The number of nitrogens with zero attached hydrogens (tertiary/aromatic N) is 2. The van der Waals surface area contributed by atoms with Crippen LogP contribution < -0.4 is 5.32 Å². The van der Waals surface area contributed by atoms with Crippen molar-refractivity contribution in [3.63, 3.8) is 0 Å². The van der Waals surface area contributed by atoms with E-state index in [2.05, 4.69) is 27.6 Å². The SMILES string of the molecule is c1ccc2c(c1)NCC2c1nc(C2CCCO2)no1. The van der Waals surface area contributed by atoms with Crippen LogP contribution >= 0.6 is 0 Å². The molecule has 0 saturated carbocycles. The summed E-state index contributed by atoms with van der Waals surface area (Å²) in [6, 6.07) is 8.25. The average molecular weight is 257 g/mol. The van der Waals surface area contributed by atoms with Crippen LogP contribution in [0.3, 0.4) is 0 Å². The Morgan fingerprint density at radius 1 is 1.26 bits per heavy atom. The molecule has 3 heterocycles. The number of hydrogen-bond donors (Lipinski definition) is 1. The summed E-state index contributed by atoms with van der Waals surface area (Å²) >= 11 is 0. The van der Waals surface area contributed by atoms with Gasteiger partial charge >= 0.3 is 0 Å². The Balaban J connectivity index is 1.63. The van der Waals surface area contributed by atoms with E-state index in [4.69, 9.17) is 9.26 Å². The van der Waals surface area contributed by atoms with Gasteiger partial charge in [0.1, 0.15) is 6.10 Å². The second-order valence-electron chi connectivity index (χ2n) is 5.01. The molecule has 98 valence electrons. The molecule has 1 N–H and O–H groups in total. The van der Waals surface area contributed by atoms with E-state index in [0.29, 0.717) is 11.7 Å². The van der Waals surface area contributed by atoms with Crippen LogP contribution in [0.15, 0.2) is 28.8 Å². The van der Waals surface area contributed by atoms with Crippen molar-refractivity contribution in [2.45, 2.75) is 24.9 Å². The fourth-order valence-electron chi connectivity index (χ4n) is 2.81. The molecule has 1 fully saturated rings. The van der Waals surface area contributed by atoms with Crippen LogP contribution in [0.4, 0.5) is 5.69 Å². The fraction of sp³-hybridized carbons (Fsp3) is 0.429. The molecule has 0 bridgehead atoms. The monoisotopic (exact) mass is 257 g/mol. The predicted octanol–water partition coefficient (Wildman–Crippen LogP) is 2.48. The number of hydrogen-bond acceptors (Lipinski definition) is 5. The first-order chi connectivity index (χ1) is 9.42. The van der Waals surface area contributed by atoms with Crippen molar-refractivity contribution >= 4 is 5.69 Å². The lowest BCUT2D eigenvalue weighted by Gasteiger charge is -2.04. The molecule has 19 heavy (non-hydrogen) atoms. The number of anilines is 1. The van der Waals surface area contributed by atoms with Gasteiger partial charge in [-0.3, -0.25) is 0 Å². The van der Waals surface area contributed by atoms with Crippen molar-refractivity contribution in [1.82, 2.24) is 10.1 Å². The summed E-state index contributed by atoms with van der Waals surface area (Å²) in [5.74, 6) is 1.53. The molecule has 0 spiro atoms. The van der Waals surface area contributed by atoms with Crippen molar-refractivity contribution in [2.75, 3.05) is 18.5 Å². The number of fused-ring (bicyclic) bond motifs is 1. The number of para-hydroxylation sites is 1. The van der Waals surface area contributed by atoms with Gasteiger partial charge in [0.05, 0.1) is 5.92 Å². The summed E-state index contributed by atoms with van der Waals surface area (Å²) in [7, 11) is 0. The van der Waals surface area contributed by atoms with Gasteiger partial charge < -0.3 is 14.6 Å². The largest absolute Gasteiger partial charge is 0.384 e. The second-order valence-corrected chi connectivity index (χ2v) is 5.01. The molecule has 0 aliphatic carbocycles. The highest BCUT2D eigenvalue weighted by atomic mass is 16.5. The first-order valence-electron chi connectivity index (χ1n) is 6.70. The first kappa shape index (κ1) is 11.0. The predicted molar refractivity (Wildman–Crippen MR) is 69.0 cm³/mol. The minimum atomic E-state index is 0.0158. The van der Waals surface area contributed by atoms with Gasteiger partial charge in [-0.15, -0.1) is 0 Å². The summed E-state index contributed by atoms with van der Waals surface area (Å²) in [6.07, 6.45) is 2.07. The highest BCUT2D eigenvalue weighted by Gasteiger charge is 2.30. The maximum Gasteiger partial charge on any atom is 0.236 e. The third-order valence-corrected chi connectivity index (χ3v) is 3.81. The van der Waals surface area contributed by atoms with Crippen molar-refractivity contribution in [3.8, 4) is 0 Å². The Morgan fingerprint density at radius 2 is 2.21 bits per heavy atom. The van der Waals surface area contributed by atoms with Crippen molar-refractivity contribution < 1.29 is 9.26 Å². The average Bonchev–Trinajstić information content (AvgIpc) is 3.18. The topological polar surface area (TPSA) is 60.2 Å². The summed E-state index contributed by atoms with van der Waals surface area (Å²) in [4.78, 5) is 4.53. The fourth-order valence-corrected chi connectivity index (χ4v) is 2.81. The third-order valence-electron chi connectivity index (χ3n) is 3.81. The molecule has 1 aromatic heterocycles. The number of rotatable bonds is 2. The van der Waals surface area contributed by atoms with Gasteiger partial charge in [-0.2, -0.15) is 4.98 Å². The van der Waals surface area contributed by atoms with Crippen LogP contribution in [-0.4, -0.2) is 23.3 Å². The van der Waals surface area contributed by atoms with E-state index in [9.17, 15) is 0 Å². The van der Waals surface area contributed by atoms with Crippen LogP contribution in [-0.2, 0) is 4.74 Å². The van der Waals surface area contributed by atoms with Gasteiger partial charge in [-0.1, -0.05) is 23.4 Å². The molecule has 0 radical (unpaired) electrons. The molecule has 4 rings (SSSR count). The Labute approximate surface area is 111 Å². The van der Waals surface area contributed by atoms with E-state index < -0.39 is 0 Å². The van der Waals surface area contributed by atoms with Crippen LogP contribution in [0.1, 0.15) is 42.1 Å². The summed E-state index contributed by atoms with van der Waals surface area (Å²) < 4.78 is 11.0. The molecule has 2 atom stereocenters. The zero-order valence-corrected chi connectivity index (χ0v) is 10.5. The number of benzene rings is 1. The van der Waals surface area contributed by atoms with Gasteiger partial charge in [-0.05, 0) is 24.5 Å². The molecule has 2 aliphatic heterocycles. The number of aromatic nitrogens is 2. The van der Waals surface area contributed by atoms with Crippen LogP contribution in [0.2, 0.25) is 0 Å². The quantitative estimate of drug-likeness (QED) is 0.895. The summed E-state index contributed by atoms with van der Waals surface area (Å²) in [5, 5.41) is 7.45.